The van der Waals surface area contributed by atoms with Gasteiger partial charge in [-0.3, -0.25) is 10.1 Å². The third kappa shape index (κ3) is 5.01. The van der Waals surface area contributed by atoms with Crippen LogP contribution in [0, 0.1) is 28.6 Å². The van der Waals surface area contributed by atoms with E-state index in [1.807, 2.05) is 13.0 Å². The molecule has 0 aliphatic carbocycles. The van der Waals surface area contributed by atoms with Crippen molar-refractivity contribution < 1.29 is 13.9 Å². The Morgan fingerprint density at radius 2 is 2.10 bits per heavy atom. The van der Waals surface area contributed by atoms with Crippen molar-refractivity contribution in [3.05, 3.63) is 52.3 Å². The number of ether oxygens (including phenoxy) is 1. The van der Waals surface area contributed by atoms with E-state index < -0.39 is 17.7 Å². The molecule has 3 N–H and O–H groups in total. The third-order valence-electron chi connectivity index (χ3n) is 3.90. The van der Waals surface area contributed by atoms with Gasteiger partial charge in [0.1, 0.15) is 11.6 Å². The van der Waals surface area contributed by atoms with Crippen molar-refractivity contribution in [3.8, 4) is 29.1 Å². The van der Waals surface area contributed by atoms with Crippen LogP contribution in [-0.2, 0) is 0 Å². The second-order valence-corrected chi connectivity index (χ2v) is 6.21. The van der Waals surface area contributed by atoms with Crippen molar-refractivity contribution in [1.82, 2.24) is 5.32 Å². The summed E-state index contributed by atoms with van der Waals surface area (Å²) in [7, 11) is 0. The smallest absolute Gasteiger partial charge is 0.262 e. The molecule has 0 bridgehead atoms. The van der Waals surface area contributed by atoms with Crippen LogP contribution in [0.2, 0.25) is 5.02 Å². The largest absolute Gasteiger partial charge is 0.493 e. The lowest BCUT2D eigenvalue weighted by Crippen LogP contribution is -2.37. The minimum absolute atomic E-state index is 0.0660. The number of aliphatic imine (C=N–C) groups is 1. The van der Waals surface area contributed by atoms with Crippen LogP contribution in [-0.4, -0.2) is 18.5 Å². The molecule has 0 spiro atoms. The molecule has 2 aromatic rings. The van der Waals surface area contributed by atoms with Crippen LogP contribution < -0.4 is 15.8 Å². The molecule has 0 atom stereocenters. The first-order chi connectivity index (χ1) is 13.9. The first-order valence-corrected chi connectivity index (χ1v) is 9.00. The fraction of sp³-hybridized carbons (Fsp3) is 0.200. The van der Waals surface area contributed by atoms with Crippen LogP contribution in [0.25, 0.3) is 11.1 Å². The van der Waals surface area contributed by atoms with E-state index in [0.717, 1.165) is 18.9 Å². The predicted octanol–water partition coefficient (Wildman–Crippen LogP) is 3.72. The average molecular weight is 414 g/mol. The molecule has 1 amide bonds. The van der Waals surface area contributed by atoms with Gasteiger partial charge in [-0.15, -0.1) is 4.99 Å². The van der Waals surface area contributed by atoms with E-state index in [9.17, 15) is 14.4 Å². The number of hydrogen-bond donors (Lipinski definition) is 2. The summed E-state index contributed by atoms with van der Waals surface area (Å²) in [6, 6.07) is 8.97. The number of rotatable bonds is 6. The number of carbonyl (C=O) groups is 1. The molecule has 0 aromatic heterocycles. The number of unbranched alkanes of at least 4 members (excludes halogenated alkanes) is 1. The number of nitrogens with one attached hydrogen (secondary N) is 1. The van der Waals surface area contributed by atoms with Crippen molar-refractivity contribution in [2.45, 2.75) is 19.8 Å². The van der Waals surface area contributed by atoms with Crippen LogP contribution in [0.4, 0.5) is 4.39 Å². The zero-order valence-electron chi connectivity index (χ0n) is 15.5. The molecule has 9 heteroatoms. The van der Waals surface area contributed by atoms with Gasteiger partial charge in [0.05, 0.1) is 28.8 Å². The standard InChI is InChI=1S/C20H17ClFN5O2/c1-2-3-9-29-15-8-7-12(10-23)16(13-5-4-6-14(22)18(13)21)17(15)19(28)27-20(25)26-11-24/h4-8H,2-3,9H2,1H3,(H3,25,26,27,28). The van der Waals surface area contributed by atoms with Crippen LogP contribution >= 0.6 is 11.6 Å². The normalized spacial score (nSPS) is 10.7. The Bertz CT molecular complexity index is 1040. The first-order valence-electron chi connectivity index (χ1n) is 8.62. The van der Waals surface area contributed by atoms with Crippen molar-refractivity contribution in [3.63, 3.8) is 0 Å². The first kappa shape index (κ1) is 21.7. The van der Waals surface area contributed by atoms with Crippen molar-refractivity contribution in [2.75, 3.05) is 6.61 Å². The molecule has 0 saturated heterocycles. The molecule has 148 valence electrons. The van der Waals surface area contributed by atoms with Gasteiger partial charge in [-0.05, 0) is 24.6 Å². The van der Waals surface area contributed by atoms with Crippen LogP contribution in [0.1, 0.15) is 35.7 Å². The van der Waals surface area contributed by atoms with Gasteiger partial charge in [0, 0.05) is 11.1 Å². The molecule has 0 fully saturated rings. The number of benzene rings is 2. The van der Waals surface area contributed by atoms with E-state index in [1.165, 1.54) is 30.5 Å². The number of guanidine groups is 1. The highest BCUT2D eigenvalue weighted by atomic mass is 35.5. The second-order valence-electron chi connectivity index (χ2n) is 5.83. The fourth-order valence-electron chi connectivity index (χ4n) is 2.59. The van der Waals surface area contributed by atoms with E-state index in [2.05, 4.69) is 10.3 Å². The SMILES string of the molecule is CCCCOc1ccc(C#N)c(-c2cccc(F)c2Cl)c1C(=O)NC(N)=NC#N. The van der Waals surface area contributed by atoms with E-state index in [4.69, 9.17) is 27.3 Å². The highest BCUT2D eigenvalue weighted by molar-refractivity contribution is 6.34. The van der Waals surface area contributed by atoms with Gasteiger partial charge in [-0.2, -0.15) is 10.5 Å². The lowest BCUT2D eigenvalue weighted by atomic mass is 9.93. The second kappa shape index (κ2) is 10.1. The summed E-state index contributed by atoms with van der Waals surface area (Å²) >= 11 is 6.12. The molecular formula is C20H17ClFN5O2. The van der Waals surface area contributed by atoms with Crippen LogP contribution in [0.5, 0.6) is 5.75 Å². The maximum atomic E-state index is 14.1. The minimum Gasteiger partial charge on any atom is -0.493 e. The summed E-state index contributed by atoms with van der Waals surface area (Å²) in [4.78, 5) is 16.2. The van der Waals surface area contributed by atoms with Gasteiger partial charge in [-0.1, -0.05) is 37.1 Å². The Morgan fingerprint density at radius 1 is 1.34 bits per heavy atom. The van der Waals surface area contributed by atoms with E-state index in [1.54, 1.807) is 0 Å². The molecule has 0 aliphatic rings. The number of nitrogens with two attached hydrogens (primary N) is 1. The highest BCUT2D eigenvalue weighted by Crippen LogP contribution is 2.38. The van der Waals surface area contributed by atoms with E-state index in [-0.39, 0.29) is 33.0 Å². The Kier molecular flexibility index (Phi) is 7.53. The molecule has 0 unspecified atom stereocenters. The maximum Gasteiger partial charge on any atom is 0.262 e. The molecule has 2 rings (SSSR count). The fourth-order valence-corrected chi connectivity index (χ4v) is 2.81. The molecule has 0 aliphatic heterocycles. The molecule has 29 heavy (non-hydrogen) atoms. The van der Waals surface area contributed by atoms with Crippen LogP contribution in [0.15, 0.2) is 35.3 Å². The number of hydrogen-bond acceptors (Lipinski definition) is 5. The lowest BCUT2D eigenvalue weighted by Gasteiger charge is -2.17. The summed E-state index contributed by atoms with van der Waals surface area (Å²) in [6.07, 6.45) is 3.05. The van der Waals surface area contributed by atoms with Gasteiger partial charge in [-0.25, -0.2) is 4.39 Å². The van der Waals surface area contributed by atoms with Gasteiger partial charge < -0.3 is 10.5 Å². The summed E-state index contributed by atoms with van der Waals surface area (Å²) in [5.74, 6) is -1.76. The summed E-state index contributed by atoms with van der Waals surface area (Å²) < 4.78 is 19.8. The van der Waals surface area contributed by atoms with Gasteiger partial charge >= 0.3 is 0 Å². The number of amides is 1. The van der Waals surface area contributed by atoms with Crippen LogP contribution in [0.3, 0.4) is 0 Å². The Morgan fingerprint density at radius 3 is 2.76 bits per heavy atom. The predicted molar refractivity (Wildman–Crippen MR) is 107 cm³/mol. The summed E-state index contributed by atoms with van der Waals surface area (Å²) in [6.45, 7) is 2.30. The van der Waals surface area contributed by atoms with Crippen molar-refractivity contribution in [2.24, 2.45) is 10.7 Å². The summed E-state index contributed by atoms with van der Waals surface area (Å²) in [5.41, 5.74) is 5.76. The Balaban J connectivity index is 2.75. The van der Waals surface area contributed by atoms with Gasteiger partial charge in [0.25, 0.3) is 5.91 Å². The van der Waals surface area contributed by atoms with E-state index in [0.29, 0.717) is 6.61 Å². The molecule has 0 radical (unpaired) electrons. The van der Waals surface area contributed by atoms with Crippen molar-refractivity contribution >= 4 is 23.5 Å². The molecule has 0 heterocycles. The quantitative estimate of drug-likeness (QED) is 0.323. The number of halogens is 2. The third-order valence-corrected chi connectivity index (χ3v) is 4.29. The number of nitriles is 2. The maximum absolute atomic E-state index is 14.1. The highest BCUT2D eigenvalue weighted by Gasteiger charge is 2.25. The Hall–Kier alpha value is -3.62. The number of carbonyl (C=O) groups excluding carboxylic acids is 1. The van der Waals surface area contributed by atoms with Gasteiger partial charge in [0.2, 0.25) is 12.2 Å². The van der Waals surface area contributed by atoms with Crippen molar-refractivity contribution in [1.29, 1.82) is 10.5 Å². The molecule has 0 saturated carbocycles. The minimum atomic E-state index is -0.777. The lowest BCUT2D eigenvalue weighted by molar-refractivity contribution is 0.0973. The Labute approximate surface area is 172 Å². The molecule has 7 nitrogen and oxygen atoms in total. The zero-order valence-corrected chi connectivity index (χ0v) is 16.3. The molecular weight excluding hydrogens is 397 g/mol. The summed E-state index contributed by atoms with van der Waals surface area (Å²) in [5, 5.41) is 20.2. The topological polar surface area (TPSA) is 124 Å². The van der Waals surface area contributed by atoms with E-state index >= 15 is 0 Å². The number of nitrogens with zero attached hydrogens (tertiary/aromatic N) is 3. The van der Waals surface area contributed by atoms with Gasteiger partial charge in [0.15, 0.2) is 0 Å². The monoisotopic (exact) mass is 413 g/mol. The zero-order chi connectivity index (χ0) is 21.4. The average Bonchev–Trinajstić information content (AvgIpc) is 2.70. The molecule has 2 aromatic carbocycles.